The van der Waals surface area contributed by atoms with E-state index in [1.807, 2.05) is 6.07 Å². The number of halogens is 1. The second-order valence-electron chi connectivity index (χ2n) is 7.54. The number of piperazine rings is 1. The summed E-state index contributed by atoms with van der Waals surface area (Å²) < 4.78 is 19.5. The number of carbonyl (C=O) groups is 1. The van der Waals surface area contributed by atoms with E-state index < -0.39 is 17.7 Å². The molecular formula is C23H29FN2O3. The van der Waals surface area contributed by atoms with Crippen molar-refractivity contribution in [3.05, 3.63) is 53.3 Å². The molecule has 1 saturated heterocycles. The van der Waals surface area contributed by atoms with Gasteiger partial charge in [0.15, 0.2) is 0 Å². The maximum atomic E-state index is 14.8. The molecule has 0 aromatic heterocycles. The van der Waals surface area contributed by atoms with Gasteiger partial charge in [0.2, 0.25) is 0 Å². The van der Waals surface area contributed by atoms with Gasteiger partial charge in [-0.15, -0.1) is 0 Å². The fourth-order valence-electron chi connectivity index (χ4n) is 3.73. The minimum atomic E-state index is -0.527. The van der Waals surface area contributed by atoms with E-state index in [-0.39, 0.29) is 5.75 Å². The van der Waals surface area contributed by atoms with Crippen LogP contribution in [0.1, 0.15) is 30.9 Å². The van der Waals surface area contributed by atoms with Crippen molar-refractivity contribution >= 4 is 5.97 Å². The fraction of sp³-hybridized carbons (Fsp3) is 0.435. The van der Waals surface area contributed by atoms with Crippen molar-refractivity contribution in [1.29, 1.82) is 0 Å². The van der Waals surface area contributed by atoms with Crippen LogP contribution in [0.15, 0.2) is 36.4 Å². The van der Waals surface area contributed by atoms with Crippen LogP contribution in [0.25, 0.3) is 11.1 Å². The summed E-state index contributed by atoms with van der Waals surface area (Å²) >= 11 is 0. The number of phenolic OH excluding ortho intramolecular Hbond substituents is 1. The van der Waals surface area contributed by atoms with Crippen LogP contribution in [0, 0.1) is 5.82 Å². The molecule has 1 aliphatic heterocycles. The summed E-state index contributed by atoms with van der Waals surface area (Å²) in [4.78, 5) is 16.4. The number of rotatable bonds is 6. The van der Waals surface area contributed by atoms with Crippen molar-refractivity contribution in [1.82, 2.24) is 9.80 Å². The monoisotopic (exact) mass is 400 g/mol. The normalized spacial score (nSPS) is 16.6. The molecule has 1 fully saturated rings. The van der Waals surface area contributed by atoms with Gasteiger partial charge in [0, 0.05) is 43.9 Å². The van der Waals surface area contributed by atoms with Gasteiger partial charge >= 0.3 is 5.97 Å². The van der Waals surface area contributed by atoms with Gasteiger partial charge in [-0.25, -0.2) is 4.39 Å². The lowest BCUT2D eigenvalue weighted by atomic mass is 9.96. The van der Waals surface area contributed by atoms with Crippen molar-refractivity contribution in [3.8, 4) is 16.9 Å². The summed E-state index contributed by atoms with van der Waals surface area (Å²) in [7, 11) is 1.32. The maximum absolute atomic E-state index is 14.8. The van der Waals surface area contributed by atoms with Gasteiger partial charge in [-0.3, -0.25) is 9.69 Å². The molecule has 1 N–H and O–H groups in total. The Kier molecular flexibility index (Phi) is 6.87. The number of methoxy groups -OCH3 is 1. The molecule has 0 spiro atoms. The number of hydrogen-bond acceptors (Lipinski definition) is 5. The first-order valence-electron chi connectivity index (χ1n) is 10.1. The second-order valence-corrected chi connectivity index (χ2v) is 7.54. The Hall–Kier alpha value is -2.44. The first kappa shape index (κ1) is 21.3. The van der Waals surface area contributed by atoms with Crippen LogP contribution in [0.3, 0.4) is 0 Å². The van der Waals surface area contributed by atoms with Crippen LogP contribution in [0.5, 0.6) is 5.75 Å². The number of phenols is 1. The quantitative estimate of drug-likeness (QED) is 0.751. The Bertz CT molecular complexity index is 863. The number of esters is 1. The molecular weight excluding hydrogens is 371 g/mol. The van der Waals surface area contributed by atoms with Gasteiger partial charge in [-0.05, 0) is 42.8 Å². The average molecular weight is 400 g/mol. The zero-order chi connectivity index (χ0) is 21.0. The highest BCUT2D eigenvalue weighted by molar-refractivity contribution is 5.78. The number of hydrogen-bond donors (Lipinski definition) is 1. The summed E-state index contributed by atoms with van der Waals surface area (Å²) in [5.41, 5.74) is 2.52. The van der Waals surface area contributed by atoms with Crippen LogP contribution in [-0.4, -0.2) is 60.7 Å². The molecule has 0 amide bonds. The Labute approximate surface area is 171 Å². The van der Waals surface area contributed by atoms with E-state index in [1.54, 1.807) is 31.2 Å². The van der Waals surface area contributed by atoms with Gasteiger partial charge in [-0.1, -0.05) is 25.1 Å². The number of ether oxygens (including phenoxy) is 1. The third-order valence-corrected chi connectivity index (χ3v) is 5.74. The summed E-state index contributed by atoms with van der Waals surface area (Å²) in [6.45, 7) is 9.48. The van der Waals surface area contributed by atoms with Crippen LogP contribution < -0.4 is 0 Å². The summed E-state index contributed by atoms with van der Waals surface area (Å²) in [6, 6.07) is 10.0. The highest BCUT2D eigenvalue weighted by Crippen LogP contribution is 2.31. The van der Waals surface area contributed by atoms with E-state index in [4.69, 9.17) is 4.74 Å². The molecule has 1 heterocycles. The number of carbonyl (C=O) groups excluding carboxylic acids is 1. The summed E-state index contributed by atoms with van der Waals surface area (Å²) in [5, 5.41) is 10.3. The molecule has 0 radical (unpaired) electrons. The molecule has 1 aliphatic rings. The second kappa shape index (κ2) is 9.37. The first-order chi connectivity index (χ1) is 13.9. The summed E-state index contributed by atoms with van der Waals surface area (Å²) in [6.07, 6.45) is 0. The predicted molar refractivity (Wildman–Crippen MR) is 111 cm³/mol. The summed E-state index contributed by atoms with van der Waals surface area (Å²) in [5.74, 6) is -1.09. The molecule has 1 atom stereocenters. The molecule has 6 heteroatoms. The number of nitrogens with zero attached hydrogens (tertiary/aromatic N) is 2. The minimum Gasteiger partial charge on any atom is -0.508 e. The van der Waals surface area contributed by atoms with E-state index in [0.29, 0.717) is 23.2 Å². The zero-order valence-corrected chi connectivity index (χ0v) is 17.3. The van der Waals surface area contributed by atoms with Crippen molar-refractivity contribution in [3.63, 3.8) is 0 Å². The maximum Gasteiger partial charge on any atom is 0.312 e. The van der Waals surface area contributed by atoms with Crippen LogP contribution >= 0.6 is 0 Å². The van der Waals surface area contributed by atoms with Crippen LogP contribution in [-0.2, 0) is 16.1 Å². The van der Waals surface area contributed by atoms with Crippen molar-refractivity contribution in [2.75, 3.05) is 39.8 Å². The molecule has 0 saturated carbocycles. The number of benzene rings is 2. The van der Waals surface area contributed by atoms with E-state index in [9.17, 15) is 14.3 Å². The van der Waals surface area contributed by atoms with E-state index >= 15 is 0 Å². The highest BCUT2D eigenvalue weighted by atomic mass is 19.1. The molecule has 1 unspecified atom stereocenters. The molecule has 0 bridgehead atoms. The lowest BCUT2D eigenvalue weighted by Crippen LogP contribution is -2.45. The Morgan fingerprint density at radius 2 is 1.83 bits per heavy atom. The van der Waals surface area contributed by atoms with Gasteiger partial charge in [0.05, 0.1) is 13.0 Å². The van der Waals surface area contributed by atoms with E-state index in [2.05, 4.69) is 16.7 Å². The van der Waals surface area contributed by atoms with E-state index in [0.717, 1.165) is 38.3 Å². The molecule has 2 aromatic carbocycles. The van der Waals surface area contributed by atoms with Gasteiger partial charge in [0.1, 0.15) is 11.6 Å². The Morgan fingerprint density at radius 1 is 1.14 bits per heavy atom. The first-order valence-corrected chi connectivity index (χ1v) is 10.1. The Balaban J connectivity index is 1.79. The topological polar surface area (TPSA) is 53.0 Å². The number of likely N-dealkylation sites (N-methyl/N-ethyl adjacent to an activating group) is 1. The van der Waals surface area contributed by atoms with Crippen LogP contribution in [0.4, 0.5) is 4.39 Å². The Morgan fingerprint density at radius 3 is 2.45 bits per heavy atom. The van der Waals surface area contributed by atoms with Crippen molar-refractivity contribution in [2.24, 2.45) is 0 Å². The molecule has 156 valence electrons. The highest BCUT2D eigenvalue weighted by Gasteiger charge is 2.19. The zero-order valence-electron chi connectivity index (χ0n) is 17.3. The minimum absolute atomic E-state index is 0.225. The third-order valence-electron chi connectivity index (χ3n) is 5.74. The van der Waals surface area contributed by atoms with Gasteiger partial charge in [0.25, 0.3) is 0 Å². The van der Waals surface area contributed by atoms with Gasteiger partial charge < -0.3 is 14.7 Å². The average Bonchev–Trinajstić information content (AvgIpc) is 2.74. The van der Waals surface area contributed by atoms with Crippen LogP contribution in [0.2, 0.25) is 0 Å². The smallest absolute Gasteiger partial charge is 0.312 e. The lowest BCUT2D eigenvalue weighted by Gasteiger charge is -2.34. The SMILES string of the molecule is CCN1CCN(Cc2cc(-c3ccc(C(C)C(=O)OC)cc3F)ccc2O)CC1. The molecule has 2 aromatic rings. The number of aromatic hydroxyl groups is 1. The fourth-order valence-corrected chi connectivity index (χ4v) is 3.73. The van der Waals surface area contributed by atoms with Gasteiger partial charge in [-0.2, -0.15) is 0 Å². The molecule has 29 heavy (non-hydrogen) atoms. The van der Waals surface area contributed by atoms with Crippen molar-refractivity contribution < 1.29 is 19.0 Å². The predicted octanol–water partition coefficient (Wildman–Crippen LogP) is 3.61. The third kappa shape index (κ3) is 4.95. The molecule has 3 rings (SSSR count). The largest absolute Gasteiger partial charge is 0.508 e. The molecule has 5 nitrogen and oxygen atoms in total. The molecule has 0 aliphatic carbocycles. The standard InChI is InChI=1S/C23H29FN2O3/c1-4-25-9-11-26(12-10-25)15-19-13-18(6-8-22(19)27)20-7-5-17(14-21(20)24)16(2)23(28)29-3/h5-8,13-14,16,27H,4,9-12,15H2,1-3H3. The lowest BCUT2D eigenvalue weighted by molar-refractivity contribution is -0.141. The van der Waals surface area contributed by atoms with Crippen molar-refractivity contribution in [2.45, 2.75) is 26.3 Å². The van der Waals surface area contributed by atoms with E-state index in [1.165, 1.54) is 13.2 Å².